The van der Waals surface area contributed by atoms with E-state index in [-0.39, 0.29) is 47.4 Å². The van der Waals surface area contributed by atoms with Gasteiger partial charge in [-0.3, -0.25) is 9.69 Å². The fourth-order valence-corrected chi connectivity index (χ4v) is 6.39. The zero-order chi connectivity index (χ0) is 32.9. The zero-order valence-corrected chi connectivity index (χ0v) is 27.7. The van der Waals surface area contributed by atoms with Crippen molar-refractivity contribution in [1.29, 1.82) is 0 Å². The number of benzene rings is 2. The third-order valence-electron chi connectivity index (χ3n) is 8.50. The lowest BCUT2D eigenvalue weighted by molar-refractivity contribution is -0.287. The maximum absolute atomic E-state index is 14.1. The number of halogens is 2. The van der Waals surface area contributed by atoms with Crippen LogP contribution >= 0.6 is 0 Å². The molecule has 8 nitrogen and oxygen atoms in total. The average molecular weight is 630 g/mol. The Kier molecular flexibility index (Phi) is 11.0. The molecule has 0 saturated carbocycles. The summed E-state index contributed by atoms with van der Waals surface area (Å²) in [6.07, 6.45) is -2.04. The standard InChI is InChI=1S/C33H43F2N3O5.C2H6/c1-22(2)26-21-37(18-19-38(26)28(39)20-23-14-16-36(17-15-23)31(40)43-32(3,4)5)29(24-10-7-6-8-11-24)25-12-9-13-27-30(25)42-33(34,35)41-27;1-2/h6-13,22-23,26,29H,14-21H2,1-5H3;1-2H3. The summed E-state index contributed by atoms with van der Waals surface area (Å²) in [6.45, 7) is 16.7. The largest absolute Gasteiger partial charge is 0.586 e. The summed E-state index contributed by atoms with van der Waals surface area (Å²) in [5.41, 5.74) is 1.03. The van der Waals surface area contributed by atoms with Gasteiger partial charge in [-0.25, -0.2) is 4.79 Å². The highest BCUT2D eigenvalue weighted by Gasteiger charge is 2.46. The molecular weight excluding hydrogens is 580 g/mol. The third kappa shape index (κ3) is 8.45. The fourth-order valence-electron chi connectivity index (χ4n) is 6.39. The number of fused-ring (bicyclic) bond motifs is 1. The number of likely N-dealkylation sites (tertiary alicyclic amines) is 1. The molecule has 45 heavy (non-hydrogen) atoms. The molecule has 2 fully saturated rings. The van der Waals surface area contributed by atoms with Gasteiger partial charge in [0, 0.05) is 50.7 Å². The number of ether oxygens (including phenoxy) is 3. The van der Waals surface area contributed by atoms with E-state index in [0.717, 1.165) is 18.4 Å². The minimum atomic E-state index is -3.71. The SMILES string of the molecule is CC.CC(C)C1CN(C(c2ccccc2)c2cccc3c2OC(F)(F)O3)CCN1C(=O)CC1CCN(C(=O)OC(C)(C)C)CC1. The second kappa shape index (κ2) is 14.4. The first kappa shape index (κ1) is 34.5. The molecule has 2 amide bonds. The van der Waals surface area contributed by atoms with E-state index < -0.39 is 11.9 Å². The number of piperidine rings is 1. The molecule has 0 spiro atoms. The number of piperazine rings is 1. The molecule has 5 rings (SSSR count). The summed E-state index contributed by atoms with van der Waals surface area (Å²) in [7, 11) is 0. The molecule has 0 bridgehead atoms. The topological polar surface area (TPSA) is 71.6 Å². The molecule has 3 aliphatic heterocycles. The monoisotopic (exact) mass is 629 g/mol. The van der Waals surface area contributed by atoms with Gasteiger partial charge in [0.05, 0.1) is 6.04 Å². The summed E-state index contributed by atoms with van der Waals surface area (Å²) < 4.78 is 43.5. The highest BCUT2D eigenvalue weighted by Crippen LogP contribution is 2.48. The van der Waals surface area contributed by atoms with Crippen LogP contribution in [0, 0.1) is 11.8 Å². The van der Waals surface area contributed by atoms with Crippen molar-refractivity contribution in [3.63, 3.8) is 0 Å². The Morgan fingerprint density at radius 3 is 2.24 bits per heavy atom. The summed E-state index contributed by atoms with van der Waals surface area (Å²) in [5, 5.41) is 0. The smallest absolute Gasteiger partial charge is 0.444 e. The van der Waals surface area contributed by atoms with Crippen molar-refractivity contribution in [2.75, 3.05) is 32.7 Å². The number of carbonyl (C=O) groups excluding carboxylic acids is 2. The number of carbonyl (C=O) groups is 2. The second-order valence-corrected chi connectivity index (χ2v) is 13.2. The molecule has 2 aromatic rings. The van der Waals surface area contributed by atoms with Gasteiger partial charge in [0.25, 0.3) is 0 Å². The number of alkyl halides is 2. The van der Waals surface area contributed by atoms with E-state index in [1.807, 2.05) is 75.9 Å². The lowest BCUT2D eigenvalue weighted by Gasteiger charge is -2.47. The Labute approximate surface area is 266 Å². The van der Waals surface area contributed by atoms with Crippen LogP contribution in [0.4, 0.5) is 13.6 Å². The molecule has 10 heteroatoms. The molecule has 2 unspecified atom stereocenters. The first-order chi connectivity index (χ1) is 21.3. The predicted octanol–water partition coefficient (Wildman–Crippen LogP) is 7.33. The van der Waals surface area contributed by atoms with E-state index in [0.29, 0.717) is 44.7 Å². The Balaban J connectivity index is 0.00000226. The fraction of sp³-hybridized carbons (Fsp3) is 0.600. The van der Waals surface area contributed by atoms with Crippen molar-refractivity contribution in [1.82, 2.24) is 14.7 Å². The molecule has 2 aromatic carbocycles. The quantitative estimate of drug-likeness (QED) is 0.333. The van der Waals surface area contributed by atoms with E-state index in [9.17, 15) is 18.4 Å². The maximum Gasteiger partial charge on any atom is 0.586 e. The first-order valence-corrected chi connectivity index (χ1v) is 16.3. The Hall–Kier alpha value is -3.40. The molecule has 0 radical (unpaired) electrons. The minimum absolute atomic E-state index is 0.0235. The molecule has 0 aliphatic carbocycles. The van der Waals surface area contributed by atoms with Crippen molar-refractivity contribution in [2.24, 2.45) is 11.8 Å². The average Bonchev–Trinajstić information content (AvgIpc) is 3.33. The molecule has 0 aromatic heterocycles. The molecular formula is C35H49F2N3O5. The van der Waals surface area contributed by atoms with E-state index in [2.05, 4.69) is 18.7 Å². The second-order valence-electron chi connectivity index (χ2n) is 13.2. The van der Waals surface area contributed by atoms with Gasteiger partial charge in [-0.05, 0) is 57.1 Å². The highest BCUT2D eigenvalue weighted by molar-refractivity contribution is 5.77. The minimum Gasteiger partial charge on any atom is -0.444 e. The van der Waals surface area contributed by atoms with Crippen LogP contribution in [-0.2, 0) is 9.53 Å². The van der Waals surface area contributed by atoms with Crippen LogP contribution in [0.2, 0.25) is 0 Å². The Bertz CT molecular complexity index is 1290. The van der Waals surface area contributed by atoms with Crippen LogP contribution in [0.15, 0.2) is 48.5 Å². The van der Waals surface area contributed by atoms with E-state index in [1.165, 1.54) is 6.07 Å². The molecule has 2 saturated heterocycles. The molecule has 248 valence electrons. The number of hydrogen-bond donors (Lipinski definition) is 0. The summed E-state index contributed by atoms with van der Waals surface area (Å²) in [6, 6.07) is 14.4. The number of amides is 2. The lowest BCUT2D eigenvalue weighted by atomic mass is 9.90. The van der Waals surface area contributed by atoms with Gasteiger partial charge in [0.2, 0.25) is 5.91 Å². The predicted molar refractivity (Wildman–Crippen MR) is 169 cm³/mol. The van der Waals surface area contributed by atoms with Crippen LogP contribution in [0.1, 0.15) is 84.9 Å². The number of para-hydroxylation sites is 1. The third-order valence-corrected chi connectivity index (χ3v) is 8.50. The van der Waals surface area contributed by atoms with Gasteiger partial charge in [0.15, 0.2) is 11.5 Å². The molecule has 3 heterocycles. The van der Waals surface area contributed by atoms with Gasteiger partial charge >= 0.3 is 12.4 Å². The zero-order valence-electron chi connectivity index (χ0n) is 27.7. The highest BCUT2D eigenvalue weighted by atomic mass is 19.3. The first-order valence-electron chi connectivity index (χ1n) is 16.3. The van der Waals surface area contributed by atoms with Gasteiger partial charge in [-0.15, -0.1) is 8.78 Å². The van der Waals surface area contributed by atoms with E-state index in [4.69, 9.17) is 14.2 Å². The van der Waals surface area contributed by atoms with Gasteiger partial charge < -0.3 is 24.0 Å². The van der Waals surface area contributed by atoms with Crippen LogP contribution in [0.25, 0.3) is 0 Å². The van der Waals surface area contributed by atoms with Gasteiger partial charge in [0.1, 0.15) is 5.60 Å². The number of rotatable bonds is 6. The maximum atomic E-state index is 14.1. The normalized spacial score (nSPS) is 20.8. The number of hydrogen-bond acceptors (Lipinski definition) is 6. The van der Waals surface area contributed by atoms with Crippen molar-refractivity contribution in [3.8, 4) is 11.5 Å². The number of nitrogens with zero attached hydrogens (tertiary/aromatic N) is 3. The van der Waals surface area contributed by atoms with Crippen LogP contribution in [0.5, 0.6) is 11.5 Å². The molecule has 3 aliphatic rings. The van der Waals surface area contributed by atoms with E-state index in [1.54, 1.807) is 11.0 Å². The van der Waals surface area contributed by atoms with Crippen molar-refractivity contribution in [3.05, 3.63) is 59.7 Å². The van der Waals surface area contributed by atoms with Crippen molar-refractivity contribution in [2.45, 2.75) is 91.7 Å². The van der Waals surface area contributed by atoms with Gasteiger partial charge in [-0.1, -0.05) is 70.2 Å². The molecule has 2 atom stereocenters. The summed E-state index contributed by atoms with van der Waals surface area (Å²) in [4.78, 5) is 32.2. The van der Waals surface area contributed by atoms with Crippen molar-refractivity contribution >= 4 is 12.0 Å². The summed E-state index contributed by atoms with van der Waals surface area (Å²) >= 11 is 0. The Morgan fingerprint density at radius 1 is 0.956 bits per heavy atom. The van der Waals surface area contributed by atoms with Crippen LogP contribution < -0.4 is 9.47 Å². The van der Waals surface area contributed by atoms with E-state index >= 15 is 0 Å². The lowest BCUT2D eigenvalue weighted by Crippen LogP contribution is -2.58. The van der Waals surface area contributed by atoms with Crippen LogP contribution in [-0.4, -0.2) is 77.4 Å². The summed E-state index contributed by atoms with van der Waals surface area (Å²) in [5.74, 6) is 0.596. The van der Waals surface area contributed by atoms with Crippen molar-refractivity contribution < 1.29 is 32.6 Å². The molecule has 0 N–H and O–H groups in total. The van der Waals surface area contributed by atoms with Crippen LogP contribution in [0.3, 0.4) is 0 Å². The Morgan fingerprint density at radius 2 is 1.62 bits per heavy atom. The van der Waals surface area contributed by atoms with Gasteiger partial charge in [-0.2, -0.15) is 0 Å².